The average molecular weight is 428 g/mol. The molecule has 1 unspecified atom stereocenters. The summed E-state index contributed by atoms with van der Waals surface area (Å²) in [5, 5.41) is 7.96. The maximum absolute atomic E-state index is 14.6. The van der Waals surface area contributed by atoms with Crippen molar-refractivity contribution in [2.24, 2.45) is 10.7 Å². The highest BCUT2D eigenvalue weighted by molar-refractivity contribution is 7.92. The fourth-order valence-corrected chi connectivity index (χ4v) is 4.60. The number of benzene rings is 1. The van der Waals surface area contributed by atoms with Gasteiger partial charge in [0, 0.05) is 11.3 Å². The first-order valence-electron chi connectivity index (χ1n) is 8.40. The number of carbonyl (C=O) groups is 1. The van der Waals surface area contributed by atoms with Crippen LogP contribution in [0.4, 0.5) is 10.1 Å². The van der Waals surface area contributed by atoms with E-state index >= 15 is 0 Å². The van der Waals surface area contributed by atoms with Gasteiger partial charge in [-0.2, -0.15) is 5.10 Å². The zero-order chi connectivity index (χ0) is 20.7. The lowest BCUT2D eigenvalue weighted by Gasteiger charge is -2.25. The topological polar surface area (TPSA) is 130 Å². The Morgan fingerprint density at radius 1 is 1.46 bits per heavy atom. The Kier molecular flexibility index (Phi) is 5.20. The van der Waals surface area contributed by atoms with E-state index in [4.69, 9.17) is 17.3 Å². The summed E-state index contributed by atoms with van der Waals surface area (Å²) in [6.07, 6.45) is 1.35. The number of halogens is 2. The predicted molar refractivity (Wildman–Crippen MR) is 105 cm³/mol. The molecular weight excluding hydrogens is 409 g/mol. The summed E-state index contributed by atoms with van der Waals surface area (Å²) in [5.74, 6) is -1.39. The highest BCUT2D eigenvalue weighted by Crippen LogP contribution is 2.36. The van der Waals surface area contributed by atoms with Crippen molar-refractivity contribution in [3.63, 3.8) is 0 Å². The summed E-state index contributed by atoms with van der Waals surface area (Å²) >= 11 is 5.87. The quantitative estimate of drug-likeness (QED) is 0.691. The summed E-state index contributed by atoms with van der Waals surface area (Å²) in [7, 11) is -3.48. The number of hydrogen-bond acceptors (Lipinski definition) is 6. The molecule has 1 amide bonds. The van der Waals surface area contributed by atoms with Gasteiger partial charge < -0.3 is 11.1 Å². The Labute approximate surface area is 166 Å². The third kappa shape index (κ3) is 3.74. The molecular formula is C17H19ClFN5O3S. The zero-order valence-corrected chi connectivity index (χ0v) is 16.7. The van der Waals surface area contributed by atoms with Gasteiger partial charge in [0.2, 0.25) is 0 Å². The first kappa shape index (κ1) is 20.3. The second kappa shape index (κ2) is 7.17. The Balaban J connectivity index is 1.97. The van der Waals surface area contributed by atoms with E-state index < -0.39 is 32.4 Å². The minimum atomic E-state index is -3.48. The van der Waals surface area contributed by atoms with Crippen molar-refractivity contribution in [1.82, 2.24) is 10.2 Å². The van der Waals surface area contributed by atoms with Crippen molar-refractivity contribution in [3.8, 4) is 0 Å². The fraction of sp³-hybridized carbons (Fsp3) is 0.353. The van der Waals surface area contributed by atoms with E-state index in [1.165, 1.54) is 31.3 Å². The molecule has 28 heavy (non-hydrogen) atoms. The third-order valence-electron chi connectivity index (χ3n) is 4.83. The van der Waals surface area contributed by atoms with Gasteiger partial charge in [0.15, 0.2) is 9.84 Å². The van der Waals surface area contributed by atoms with Gasteiger partial charge in [-0.15, -0.1) is 0 Å². The Bertz CT molecular complexity index is 1070. The Hall–Kier alpha value is -2.46. The van der Waals surface area contributed by atoms with Crippen molar-refractivity contribution in [1.29, 1.82) is 0 Å². The van der Waals surface area contributed by atoms with Crippen molar-refractivity contribution in [2.45, 2.75) is 31.1 Å². The monoisotopic (exact) mass is 427 g/mol. The van der Waals surface area contributed by atoms with Crippen LogP contribution < -0.4 is 11.1 Å². The molecule has 0 fully saturated rings. The van der Waals surface area contributed by atoms with Crippen LogP contribution in [0.15, 0.2) is 29.4 Å². The zero-order valence-electron chi connectivity index (χ0n) is 15.2. The van der Waals surface area contributed by atoms with Gasteiger partial charge in [-0.3, -0.25) is 14.9 Å². The number of aromatic nitrogens is 2. The minimum Gasteiger partial charge on any atom is -0.386 e. The number of nitrogens with zero attached hydrogens (tertiary/aromatic N) is 2. The number of rotatable bonds is 3. The number of H-pyrrole nitrogens is 1. The van der Waals surface area contributed by atoms with Crippen LogP contribution in [0.1, 0.15) is 36.3 Å². The van der Waals surface area contributed by atoms with E-state index in [0.717, 1.165) is 0 Å². The molecule has 4 N–H and O–H groups in total. The number of hydrogen-bond donors (Lipinski definition) is 3. The summed E-state index contributed by atoms with van der Waals surface area (Å²) in [5.41, 5.74) is 5.16. The number of carbonyl (C=O) groups excluding carboxylic acids is 1. The summed E-state index contributed by atoms with van der Waals surface area (Å²) in [4.78, 5) is 16.6. The number of aromatic amines is 1. The molecule has 0 radical (unpaired) electrons. The molecule has 2 heterocycles. The molecule has 1 aromatic heterocycles. The van der Waals surface area contributed by atoms with E-state index in [1.54, 1.807) is 6.92 Å². The van der Waals surface area contributed by atoms with Crippen molar-refractivity contribution >= 4 is 38.9 Å². The lowest BCUT2D eigenvalue weighted by molar-refractivity contribution is 0.102. The van der Waals surface area contributed by atoms with E-state index in [2.05, 4.69) is 20.5 Å². The Morgan fingerprint density at radius 2 is 2.18 bits per heavy atom. The smallest absolute Gasteiger partial charge is 0.275 e. The van der Waals surface area contributed by atoms with Crippen LogP contribution >= 0.6 is 11.6 Å². The van der Waals surface area contributed by atoms with Crippen LogP contribution in [0.25, 0.3) is 0 Å². The van der Waals surface area contributed by atoms with Gasteiger partial charge in [-0.05, 0) is 38.5 Å². The predicted octanol–water partition coefficient (Wildman–Crippen LogP) is 2.23. The number of nitrogens with two attached hydrogens (primary N) is 1. The summed E-state index contributed by atoms with van der Waals surface area (Å²) in [6, 6.07) is 3.98. The molecule has 0 bridgehead atoms. The largest absolute Gasteiger partial charge is 0.386 e. The van der Waals surface area contributed by atoms with E-state index in [-0.39, 0.29) is 34.3 Å². The molecule has 2 aromatic rings. The number of anilines is 1. The maximum atomic E-state index is 14.6. The van der Waals surface area contributed by atoms with Crippen LogP contribution in [0, 0.1) is 5.82 Å². The SMILES string of the molecule is CC1C(N)=N[C@](C)(c2cc(NC(=O)c3[nH]ncc3Cl)ccc2F)CCS1(=O)=O. The van der Waals surface area contributed by atoms with Gasteiger partial charge in [-0.1, -0.05) is 11.6 Å². The van der Waals surface area contributed by atoms with Crippen LogP contribution in [0.2, 0.25) is 5.02 Å². The molecule has 1 aliphatic rings. The molecule has 0 aliphatic carbocycles. The van der Waals surface area contributed by atoms with Crippen LogP contribution in [0.5, 0.6) is 0 Å². The maximum Gasteiger partial charge on any atom is 0.275 e. The van der Waals surface area contributed by atoms with Gasteiger partial charge in [-0.25, -0.2) is 12.8 Å². The van der Waals surface area contributed by atoms with Gasteiger partial charge >= 0.3 is 0 Å². The third-order valence-corrected chi connectivity index (χ3v) is 7.21. The van der Waals surface area contributed by atoms with E-state index in [0.29, 0.717) is 5.69 Å². The molecule has 1 aliphatic heterocycles. The second-order valence-corrected chi connectivity index (χ2v) is 9.66. The lowest BCUT2D eigenvalue weighted by Crippen LogP contribution is -2.33. The molecule has 150 valence electrons. The van der Waals surface area contributed by atoms with Gasteiger partial charge in [0.25, 0.3) is 5.91 Å². The highest BCUT2D eigenvalue weighted by Gasteiger charge is 2.38. The summed E-state index contributed by atoms with van der Waals surface area (Å²) in [6.45, 7) is 3.07. The van der Waals surface area contributed by atoms with Crippen molar-refractivity contribution < 1.29 is 17.6 Å². The first-order valence-corrected chi connectivity index (χ1v) is 10.5. The van der Waals surface area contributed by atoms with E-state index in [9.17, 15) is 17.6 Å². The minimum absolute atomic E-state index is 0.0566. The first-order chi connectivity index (χ1) is 13.0. The lowest BCUT2D eigenvalue weighted by atomic mass is 9.89. The average Bonchev–Trinajstić information content (AvgIpc) is 3.04. The van der Waals surface area contributed by atoms with Crippen molar-refractivity contribution in [3.05, 3.63) is 46.5 Å². The number of sulfone groups is 1. The molecule has 0 spiro atoms. The van der Waals surface area contributed by atoms with Crippen LogP contribution in [-0.4, -0.2) is 41.4 Å². The van der Waals surface area contributed by atoms with Gasteiger partial charge in [0.1, 0.15) is 22.6 Å². The molecule has 0 saturated heterocycles. The highest BCUT2D eigenvalue weighted by atomic mass is 35.5. The standard InChI is InChI=1S/C17H19ClFN5O3S/c1-9-15(20)23-17(2,5-6-28(9,26)27)11-7-10(3-4-13(11)19)22-16(25)14-12(18)8-21-24-14/h3-4,7-9H,5-6H2,1-2H3,(H2,20,23)(H,21,24)(H,22,25)/t9?,17-/m0/s1. The molecule has 0 saturated carbocycles. The number of amidine groups is 1. The molecule has 2 atom stereocenters. The molecule has 11 heteroatoms. The summed E-state index contributed by atoms with van der Waals surface area (Å²) < 4.78 is 39.1. The second-order valence-electron chi connectivity index (χ2n) is 6.81. The normalized spacial score (nSPS) is 24.3. The van der Waals surface area contributed by atoms with E-state index in [1.807, 2.05) is 0 Å². The number of amides is 1. The van der Waals surface area contributed by atoms with Crippen molar-refractivity contribution in [2.75, 3.05) is 11.1 Å². The molecule has 3 rings (SSSR count). The van der Waals surface area contributed by atoms with Crippen LogP contribution in [-0.2, 0) is 15.4 Å². The number of nitrogens with one attached hydrogen (secondary N) is 2. The molecule has 1 aromatic carbocycles. The Morgan fingerprint density at radius 3 is 2.82 bits per heavy atom. The van der Waals surface area contributed by atoms with Crippen LogP contribution in [0.3, 0.4) is 0 Å². The number of aliphatic imine (C=N–C) groups is 1. The molecule has 8 nitrogen and oxygen atoms in total. The fourth-order valence-electron chi connectivity index (χ4n) is 2.97. The van der Waals surface area contributed by atoms with Gasteiger partial charge in [0.05, 0.1) is 22.5 Å².